The zero-order chi connectivity index (χ0) is 15.4. The van der Waals surface area contributed by atoms with Crippen LogP contribution in [0.4, 0.5) is 11.4 Å². The molecule has 0 spiro atoms. The van der Waals surface area contributed by atoms with E-state index in [1.165, 1.54) is 29.5 Å². The van der Waals surface area contributed by atoms with Crippen LogP contribution in [0.5, 0.6) is 0 Å². The van der Waals surface area contributed by atoms with E-state index in [2.05, 4.69) is 41.7 Å². The molecular weight excluding hydrogens is 330 g/mol. The Morgan fingerprint density at radius 2 is 1.78 bits per heavy atom. The van der Waals surface area contributed by atoms with Crippen molar-refractivity contribution in [3.05, 3.63) is 41.6 Å². The molecule has 4 heterocycles. The third-order valence-electron chi connectivity index (χ3n) is 4.85. The number of fused-ring (bicyclic) bond motifs is 3. The Kier molecular flexibility index (Phi) is 2.96. The molecule has 0 amide bonds. The predicted octanol–water partition coefficient (Wildman–Crippen LogP) is 3.21. The molecule has 7 heteroatoms. The van der Waals surface area contributed by atoms with Gasteiger partial charge in [0.1, 0.15) is 5.52 Å². The van der Waals surface area contributed by atoms with Crippen molar-refractivity contribution in [2.45, 2.75) is 18.5 Å². The first-order valence-corrected chi connectivity index (χ1v) is 8.76. The van der Waals surface area contributed by atoms with Crippen molar-refractivity contribution in [2.75, 3.05) is 22.9 Å². The number of pyridine rings is 1. The molecule has 3 aromatic rings. The summed E-state index contributed by atoms with van der Waals surface area (Å²) in [5.74, 6) is 0. The van der Waals surface area contributed by atoms with Crippen molar-refractivity contribution in [2.24, 2.45) is 0 Å². The van der Waals surface area contributed by atoms with Crippen molar-refractivity contribution in [3.8, 4) is 0 Å². The normalized spacial score (nSPS) is 23.2. The molecule has 2 atom stereocenters. The van der Waals surface area contributed by atoms with E-state index in [-0.39, 0.29) is 0 Å². The summed E-state index contributed by atoms with van der Waals surface area (Å²) in [5, 5.41) is 0.787. The molecule has 0 N–H and O–H groups in total. The van der Waals surface area contributed by atoms with Gasteiger partial charge in [-0.05, 0) is 36.8 Å². The minimum Gasteiger partial charge on any atom is -0.365 e. The predicted molar refractivity (Wildman–Crippen MR) is 93.5 cm³/mol. The summed E-state index contributed by atoms with van der Waals surface area (Å²) >= 11 is 7.23. The van der Waals surface area contributed by atoms with E-state index in [1.807, 2.05) is 18.3 Å². The molecular formula is C16H14ClN5S. The van der Waals surface area contributed by atoms with Crippen LogP contribution in [0.15, 0.2) is 36.5 Å². The van der Waals surface area contributed by atoms with E-state index in [0.29, 0.717) is 12.1 Å². The van der Waals surface area contributed by atoms with Crippen molar-refractivity contribution < 1.29 is 0 Å². The first-order valence-electron chi connectivity index (χ1n) is 7.66. The van der Waals surface area contributed by atoms with Gasteiger partial charge in [-0.2, -0.15) is 8.75 Å². The van der Waals surface area contributed by atoms with Gasteiger partial charge >= 0.3 is 0 Å². The highest BCUT2D eigenvalue weighted by atomic mass is 35.5. The Hall–Kier alpha value is -1.92. The van der Waals surface area contributed by atoms with Gasteiger partial charge in [-0.15, -0.1) is 0 Å². The van der Waals surface area contributed by atoms with Crippen molar-refractivity contribution in [1.82, 2.24) is 13.7 Å². The summed E-state index contributed by atoms with van der Waals surface area (Å²) in [6.07, 6.45) is 3.02. The van der Waals surface area contributed by atoms with Crippen molar-refractivity contribution in [1.29, 1.82) is 0 Å². The summed E-state index contributed by atoms with van der Waals surface area (Å²) in [5.41, 5.74) is 4.12. The van der Waals surface area contributed by atoms with Gasteiger partial charge in [0.15, 0.2) is 5.65 Å². The molecule has 2 aliphatic rings. The summed E-state index contributed by atoms with van der Waals surface area (Å²) in [4.78, 5) is 9.26. The third-order valence-corrected chi connectivity index (χ3v) is 5.62. The molecule has 0 unspecified atom stereocenters. The molecule has 23 heavy (non-hydrogen) atoms. The van der Waals surface area contributed by atoms with Crippen LogP contribution in [0.25, 0.3) is 11.2 Å². The van der Waals surface area contributed by atoms with Crippen LogP contribution in [0.3, 0.4) is 0 Å². The Morgan fingerprint density at radius 3 is 2.57 bits per heavy atom. The number of aromatic nitrogens is 3. The van der Waals surface area contributed by atoms with Crippen molar-refractivity contribution in [3.63, 3.8) is 0 Å². The molecule has 0 aliphatic carbocycles. The topological polar surface area (TPSA) is 45.2 Å². The number of nitrogens with zero attached hydrogens (tertiary/aromatic N) is 5. The molecule has 0 saturated carbocycles. The molecule has 2 fully saturated rings. The second-order valence-electron chi connectivity index (χ2n) is 6.09. The summed E-state index contributed by atoms with van der Waals surface area (Å²) in [6, 6.07) is 11.3. The number of halogens is 1. The van der Waals surface area contributed by atoms with Gasteiger partial charge in [-0.1, -0.05) is 11.6 Å². The second kappa shape index (κ2) is 5.04. The molecule has 2 bridgehead atoms. The maximum absolute atomic E-state index is 6.00. The number of anilines is 2. The minimum atomic E-state index is 0.517. The summed E-state index contributed by atoms with van der Waals surface area (Å²) < 4.78 is 8.69. The lowest BCUT2D eigenvalue weighted by molar-refractivity contribution is 0.648. The lowest BCUT2D eigenvalue weighted by Gasteiger charge is -2.36. The molecule has 1 aromatic carbocycles. The zero-order valence-corrected chi connectivity index (χ0v) is 13.8. The third kappa shape index (κ3) is 2.09. The van der Waals surface area contributed by atoms with Crippen LogP contribution in [0.2, 0.25) is 5.02 Å². The van der Waals surface area contributed by atoms with E-state index in [9.17, 15) is 0 Å². The van der Waals surface area contributed by atoms with E-state index in [0.717, 1.165) is 29.3 Å². The van der Waals surface area contributed by atoms with E-state index in [4.69, 9.17) is 11.6 Å². The maximum Gasteiger partial charge on any atom is 0.195 e. The molecule has 5 rings (SSSR count). The van der Waals surface area contributed by atoms with Gasteiger partial charge in [0, 0.05) is 42.1 Å². The standard InChI is InChI=1S/C16H14ClN5S/c17-10-1-3-11(4-2-10)21-8-13-7-12(21)9-22(13)14-5-6-18-16-15(14)19-23-20-16/h1-6,12-13H,7-9H2/t12-,13+/m0/s1. The monoisotopic (exact) mass is 343 g/mol. The van der Waals surface area contributed by atoms with Crippen LogP contribution in [0.1, 0.15) is 6.42 Å². The van der Waals surface area contributed by atoms with Gasteiger partial charge in [0.25, 0.3) is 0 Å². The molecule has 2 saturated heterocycles. The van der Waals surface area contributed by atoms with Gasteiger partial charge in [0.2, 0.25) is 0 Å². The molecule has 5 nitrogen and oxygen atoms in total. The largest absolute Gasteiger partial charge is 0.365 e. The quantitative estimate of drug-likeness (QED) is 0.715. The Labute approximate surface area is 142 Å². The second-order valence-corrected chi connectivity index (χ2v) is 7.06. The first-order chi connectivity index (χ1) is 11.3. The van der Waals surface area contributed by atoms with Gasteiger partial charge in [-0.3, -0.25) is 0 Å². The highest BCUT2D eigenvalue weighted by Gasteiger charge is 2.44. The highest BCUT2D eigenvalue weighted by Crippen LogP contribution is 2.39. The van der Waals surface area contributed by atoms with Crippen LogP contribution >= 0.6 is 23.3 Å². The van der Waals surface area contributed by atoms with Crippen LogP contribution in [-0.4, -0.2) is 38.9 Å². The number of hydrogen-bond acceptors (Lipinski definition) is 6. The maximum atomic E-state index is 6.00. The van der Waals surface area contributed by atoms with Crippen LogP contribution in [0, 0.1) is 0 Å². The molecule has 116 valence electrons. The Morgan fingerprint density at radius 1 is 1.00 bits per heavy atom. The fourth-order valence-electron chi connectivity index (χ4n) is 3.83. The van der Waals surface area contributed by atoms with E-state index >= 15 is 0 Å². The molecule has 0 radical (unpaired) electrons. The van der Waals surface area contributed by atoms with E-state index < -0.39 is 0 Å². The smallest absolute Gasteiger partial charge is 0.195 e. The minimum absolute atomic E-state index is 0.517. The summed E-state index contributed by atoms with van der Waals surface area (Å²) in [7, 11) is 0. The Balaban J connectivity index is 1.44. The average Bonchev–Trinajstić information content (AvgIpc) is 3.29. The molecule has 2 aliphatic heterocycles. The number of piperazine rings is 1. The summed E-state index contributed by atoms with van der Waals surface area (Å²) in [6.45, 7) is 2.05. The highest BCUT2D eigenvalue weighted by molar-refractivity contribution is 7.00. The lowest BCUT2D eigenvalue weighted by Crippen LogP contribution is -2.46. The van der Waals surface area contributed by atoms with Gasteiger partial charge in [0.05, 0.1) is 17.4 Å². The Bertz CT molecular complexity index is 864. The average molecular weight is 344 g/mol. The first kappa shape index (κ1) is 13.5. The van der Waals surface area contributed by atoms with Gasteiger partial charge in [-0.25, -0.2) is 4.98 Å². The van der Waals surface area contributed by atoms with Crippen LogP contribution < -0.4 is 9.80 Å². The van der Waals surface area contributed by atoms with Crippen LogP contribution in [-0.2, 0) is 0 Å². The lowest BCUT2D eigenvalue weighted by atomic mass is 10.2. The van der Waals surface area contributed by atoms with Crippen molar-refractivity contribution >= 4 is 45.9 Å². The zero-order valence-electron chi connectivity index (χ0n) is 12.3. The molecule has 2 aromatic heterocycles. The van der Waals surface area contributed by atoms with Gasteiger partial charge < -0.3 is 9.80 Å². The fraction of sp³-hybridized carbons (Fsp3) is 0.312. The number of benzene rings is 1. The SMILES string of the molecule is Clc1ccc(N2C[C@H]3C[C@H]2CN3c2ccnc3nsnc23)cc1. The van der Waals surface area contributed by atoms with E-state index in [1.54, 1.807) is 0 Å². The fourth-order valence-corrected chi connectivity index (χ4v) is 4.46. The number of rotatable bonds is 2. The number of hydrogen-bond donors (Lipinski definition) is 0.